The van der Waals surface area contributed by atoms with Crippen molar-refractivity contribution in [1.29, 1.82) is 0 Å². The van der Waals surface area contributed by atoms with Gasteiger partial charge in [0.2, 0.25) is 10.0 Å². The summed E-state index contributed by atoms with van der Waals surface area (Å²) in [6.07, 6.45) is 0. The third kappa shape index (κ3) is 5.03. The summed E-state index contributed by atoms with van der Waals surface area (Å²) < 4.78 is 26.5. The Morgan fingerprint density at radius 1 is 1.12 bits per heavy atom. The Bertz CT molecular complexity index is 902. The van der Waals surface area contributed by atoms with Crippen molar-refractivity contribution >= 4 is 21.7 Å². The molecule has 2 aromatic rings. The zero-order valence-corrected chi connectivity index (χ0v) is 15.9. The van der Waals surface area contributed by atoms with Gasteiger partial charge in [0.15, 0.2) is 5.78 Å². The molecule has 1 aromatic carbocycles. The van der Waals surface area contributed by atoms with Gasteiger partial charge in [0.25, 0.3) is 5.91 Å². The Kier molecular flexibility index (Phi) is 6.33. The molecule has 0 bridgehead atoms. The minimum Gasteiger partial charge on any atom is -0.354 e. The molecule has 3 N–H and O–H groups in total. The van der Waals surface area contributed by atoms with E-state index in [2.05, 4.69) is 15.0 Å². The molecule has 1 heterocycles. The topological polar surface area (TPSA) is 108 Å². The number of Topliss-reactive ketones (excluding diaryl/α,β-unsaturated/α-hetero) is 1. The predicted molar refractivity (Wildman–Crippen MR) is 99.7 cm³/mol. The van der Waals surface area contributed by atoms with Crippen LogP contribution < -0.4 is 10.0 Å². The van der Waals surface area contributed by atoms with Gasteiger partial charge in [-0.1, -0.05) is 30.3 Å². The quantitative estimate of drug-likeness (QED) is 0.608. The Morgan fingerprint density at radius 2 is 1.77 bits per heavy atom. The number of aryl methyl sites for hydroxylation is 1. The number of nitrogens with one attached hydrogen (secondary N) is 3. The third-order valence-electron chi connectivity index (χ3n) is 4.01. The number of carbonyl (C=O) groups excluding carboxylic acids is 2. The van der Waals surface area contributed by atoms with Gasteiger partial charge < -0.3 is 10.3 Å². The van der Waals surface area contributed by atoms with Crippen molar-refractivity contribution in [2.45, 2.75) is 27.3 Å². The van der Waals surface area contributed by atoms with Gasteiger partial charge in [-0.2, -0.15) is 0 Å². The van der Waals surface area contributed by atoms with E-state index in [0.717, 1.165) is 5.56 Å². The van der Waals surface area contributed by atoms with Gasteiger partial charge in [0.05, 0.1) is 5.75 Å². The molecule has 8 heteroatoms. The van der Waals surface area contributed by atoms with Gasteiger partial charge in [-0.25, -0.2) is 13.1 Å². The third-order valence-corrected chi connectivity index (χ3v) is 5.34. The largest absolute Gasteiger partial charge is 0.354 e. The van der Waals surface area contributed by atoms with Crippen LogP contribution >= 0.6 is 0 Å². The first-order valence-electron chi connectivity index (χ1n) is 8.21. The van der Waals surface area contributed by atoms with Crippen LogP contribution in [0.15, 0.2) is 30.3 Å². The Morgan fingerprint density at radius 3 is 2.35 bits per heavy atom. The molecule has 0 aliphatic carbocycles. The lowest BCUT2D eigenvalue weighted by Gasteiger charge is -2.08. The highest BCUT2D eigenvalue weighted by Crippen LogP contribution is 2.18. The summed E-state index contributed by atoms with van der Waals surface area (Å²) in [4.78, 5) is 26.8. The second kappa shape index (κ2) is 8.29. The number of H-pyrrole nitrogens is 1. The number of hydrogen-bond acceptors (Lipinski definition) is 4. The van der Waals surface area contributed by atoms with Gasteiger partial charge in [-0.15, -0.1) is 0 Å². The lowest BCUT2D eigenvalue weighted by molar-refractivity contribution is 0.0950. The van der Waals surface area contributed by atoms with E-state index in [1.54, 1.807) is 13.8 Å². The molecule has 0 atom stereocenters. The fourth-order valence-electron chi connectivity index (χ4n) is 2.75. The molecule has 1 aromatic heterocycles. The van der Waals surface area contributed by atoms with E-state index >= 15 is 0 Å². The van der Waals surface area contributed by atoms with Crippen LogP contribution in [0.3, 0.4) is 0 Å². The van der Waals surface area contributed by atoms with Crippen LogP contribution in [0.5, 0.6) is 0 Å². The van der Waals surface area contributed by atoms with Crippen molar-refractivity contribution in [3.05, 3.63) is 58.4 Å². The fraction of sp³-hybridized carbons (Fsp3) is 0.333. The summed E-state index contributed by atoms with van der Waals surface area (Å²) >= 11 is 0. The summed E-state index contributed by atoms with van der Waals surface area (Å²) in [5, 5.41) is 2.57. The molecule has 0 aliphatic rings. The van der Waals surface area contributed by atoms with E-state index in [9.17, 15) is 18.0 Å². The number of aromatic nitrogens is 1. The van der Waals surface area contributed by atoms with Crippen molar-refractivity contribution in [2.75, 3.05) is 12.3 Å². The SMILES string of the molecule is CC(=O)c1c(C)[nH]c(C(=O)NCCS(=O)(=O)NCc2ccccc2)c1C. The maximum Gasteiger partial charge on any atom is 0.268 e. The van der Waals surface area contributed by atoms with Crippen LogP contribution in [0.4, 0.5) is 0 Å². The second-order valence-electron chi connectivity index (χ2n) is 6.06. The number of hydrogen-bond donors (Lipinski definition) is 3. The zero-order valence-electron chi connectivity index (χ0n) is 15.0. The highest BCUT2D eigenvalue weighted by Gasteiger charge is 2.20. The molecule has 1 amide bonds. The minimum atomic E-state index is -3.51. The number of benzene rings is 1. The van der Waals surface area contributed by atoms with Crippen molar-refractivity contribution in [3.8, 4) is 0 Å². The first-order chi connectivity index (χ1) is 12.2. The molecule has 0 aliphatic heterocycles. The number of ketones is 1. The number of amides is 1. The van der Waals surface area contributed by atoms with Crippen LogP contribution in [0, 0.1) is 13.8 Å². The first-order valence-corrected chi connectivity index (χ1v) is 9.86. The summed E-state index contributed by atoms with van der Waals surface area (Å²) in [6.45, 7) is 5.02. The molecule has 7 nitrogen and oxygen atoms in total. The highest BCUT2D eigenvalue weighted by atomic mass is 32.2. The summed E-state index contributed by atoms with van der Waals surface area (Å²) in [7, 11) is -3.51. The maximum absolute atomic E-state index is 12.2. The molecule has 0 saturated carbocycles. The summed E-state index contributed by atoms with van der Waals surface area (Å²) in [5.41, 5.74) is 2.82. The van der Waals surface area contributed by atoms with Crippen LogP contribution in [0.2, 0.25) is 0 Å². The first kappa shape index (κ1) is 19.9. The van der Waals surface area contributed by atoms with E-state index in [1.807, 2.05) is 30.3 Å². The molecule has 26 heavy (non-hydrogen) atoms. The van der Waals surface area contributed by atoms with Gasteiger partial charge >= 0.3 is 0 Å². The number of sulfonamides is 1. The Labute approximate surface area is 153 Å². The molecule has 0 saturated heterocycles. The molecule has 0 fully saturated rings. The number of carbonyl (C=O) groups is 2. The van der Waals surface area contributed by atoms with Crippen LogP contribution in [0.1, 0.15) is 44.6 Å². The van der Waals surface area contributed by atoms with E-state index in [-0.39, 0.29) is 30.3 Å². The van der Waals surface area contributed by atoms with Gasteiger partial charge in [-0.05, 0) is 31.9 Å². The molecule has 0 radical (unpaired) electrons. The fourth-order valence-corrected chi connectivity index (χ4v) is 3.66. The van der Waals surface area contributed by atoms with E-state index in [1.165, 1.54) is 6.92 Å². The van der Waals surface area contributed by atoms with Crippen LogP contribution in [-0.4, -0.2) is 37.4 Å². The van der Waals surface area contributed by atoms with Crippen LogP contribution in [0.25, 0.3) is 0 Å². The molecule has 140 valence electrons. The zero-order chi connectivity index (χ0) is 19.3. The molecule has 0 spiro atoms. The van der Waals surface area contributed by atoms with E-state index in [0.29, 0.717) is 16.8 Å². The monoisotopic (exact) mass is 377 g/mol. The highest BCUT2D eigenvalue weighted by molar-refractivity contribution is 7.89. The lowest BCUT2D eigenvalue weighted by Crippen LogP contribution is -2.34. The average Bonchev–Trinajstić information content (AvgIpc) is 2.88. The van der Waals surface area contributed by atoms with Gasteiger partial charge in [0.1, 0.15) is 5.69 Å². The molecule has 0 unspecified atom stereocenters. The Balaban J connectivity index is 1.90. The predicted octanol–water partition coefficient (Wildman–Crippen LogP) is 1.68. The number of rotatable bonds is 8. The molecule has 2 rings (SSSR count). The Hall–Kier alpha value is -2.45. The van der Waals surface area contributed by atoms with Crippen molar-refractivity contribution in [2.24, 2.45) is 0 Å². The summed E-state index contributed by atoms with van der Waals surface area (Å²) in [6, 6.07) is 9.18. The minimum absolute atomic E-state index is 0.0319. The summed E-state index contributed by atoms with van der Waals surface area (Å²) in [5.74, 6) is -0.788. The van der Waals surface area contributed by atoms with Crippen molar-refractivity contribution in [3.63, 3.8) is 0 Å². The van der Waals surface area contributed by atoms with Crippen LogP contribution in [-0.2, 0) is 16.6 Å². The lowest BCUT2D eigenvalue weighted by atomic mass is 10.1. The molecular formula is C18H23N3O4S. The maximum atomic E-state index is 12.2. The van der Waals surface area contributed by atoms with Crippen molar-refractivity contribution in [1.82, 2.24) is 15.0 Å². The van der Waals surface area contributed by atoms with E-state index in [4.69, 9.17) is 0 Å². The standard InChI is InChI=1S/C18H23N3O4S/c1-12-16(14(3)22)13(2)21-17(12)18(23)19-9-10-26(24,25)20-11-15-7-5-4-6-8-15/h4-8,20-21H,9-11H2,1-3H3,(H,19,23). The average molecular weight is 377 g/mol. The molecular weight excluding hydrogens is 354 g/mol. The van der Waals surface area contributed by atoms with Gasteiger partial charge in [-0.3, -0.25) is 9.59 Å². The normalized spacial score (nSPS) is 11.3. The van der Waals surface area contributed by atoms with Crippen molar-refractivity contribution < 1.29 is 18.0 Å². The second-order valence-corrected chi connectivity index (χ2v) is 7.99. The smallest absolute Gasteiger partial charge is 0.268 e. The van der Waals surface area contributed by atoms with Gasteiger partial charge in [0, 0.05) is 24.3 Å². The number of aromatic amines is 1. The van der Waals surface area contributed by atoms with E-state index < -0.39 is 15.9 Å².